The summed E-state index contributed by atoms with van der Waals surface area (Å²) in [6, 6.07) is 5.43. The fourth-order valence-corrected chi connectivity index (χ4v) is 4.13. The van der Waals surface area contributed by atoms with E-state index in [1.807, 2.05) is 6.07 Å². The number of methoxy groups -OCH3 is 1. The third-order valence-electron chi connectivity index (χ3n) is 4.35. The number of nitrogens with two attached hydrogens (primary N) is 1. The molecule has 0 aliphatic rings. The Kier molecular flexibility index (Phi) is 7.00. The first-order valence-electron chi connectivity index (χ1n) is 9.28. The minimum absolute atomic E-state index is 0.0448. The molecule has 7 nitrogen and oxygen atoms in total. The maximum Gasteiger partial charge on any atom is 0.184 e. The Labute approximate surface area is 178 Å². The standard InChI is InChI=1S/C20H25ClN4O3S/c1-11(2)6-13(9-26)24-20-25-18-15(27-3)7-14(8-16(18)29-20)28-10-12-4-5-23-19(22)17(12)21/h4-5,7-8,11,13,26H,6,9-10H2,1-3H3,(H2,22,23)(H,24,25)/t13-/m1/s1. The smallest absolute Gasteiger partial charge is 0.184 e. The van der Waals surface area contributed by atoms with E-state index in [4.69, 9.17) is 26.8 Å². The molecule has 2 heterocycles. The van der Waals surface area contributed by atoms with E-state index in [1.54, 1.807) is 25.4 Å². The van der Waals surface area contributed by atoms with E-state index in [0.717, 1.165) is 27.3 Å². The summed E-state index contributed by atoms with van der Waals surface area (Å²) in [7, 11) is 1.60. The van der Waals surface area contributed by atoms with Crippen LogP contribution >= 0.6 is 22.9 Å². The van der Waals surface area contributed by atoms with E-state index in [1.165, 1.54) is 11.3 Å². The summed E-state index contributed by atoms with van der Waals surface area (Å²) >= 11 is 7.68. The first-order valence-corrected chi connectivity index (χ1v) is 10.5. The molecule has 0 aliphatic heterocycles. The number of fused-ring (bicyclic) bond motifs is 1. The lowest BCUT2D eigenvalue weighted by Crippen LogP contribution is -2.25. The average molecular weight is 437 g/mol. The molecule has 29 heavy (non-hydrogen) atoms. The summed E-state index contributed by atoms with van der Waals surface area (Å²) in [6.45, 7) is 4.55. The monoisotopic (exact) mass is 436 g/mol. The van der Waals surface area contributed by atoms with Crippen LogP contribution in [0.15, 0.2) is 24.4 Å². The van der Waals surface area contributed by atoms with Gasteiger partial charge in [-0.05, 0) is 24.5 Å². The van der Waals surface area contributed by atoms with Gasteiger partial charge in [0.1, 0.15) is 29.4 Å². The molecule has 0 radical (unpaired) electrons. The van der Waals surface area contributed by atoms with Gasteiger partial charge in [0.2, 0.25) is 0 Å². The van der Waals surface area contributed by atoms with Crippen LogP contribution in [0, 0.1) is 5.92 Å². The molecule has 0 fully saturated rings. The minimum atomic E-state index is -0.0448. The first-order chi connectivity index (χ1) is 13.9. The third kappa shape index (κ3) is 5.20. The number of hydrogen-bond acceptors (Lipinski definition) is 8. The van der Waals surface area contributed by atoms with Crippen LogP contribution in [0.2, 0.25) is 5.02 Å². The molecule has 1 atom stereocenters. The van der Waals surface area contributed by atoms with Crippen LogP contribution in [0.1, 0.15) is 25.8 Å². The number of pyridine rings is 1. The number of rotatable bonds is 9. The second kappa shape index (κ2) is 9.47. The van der Waals surface area contributed by atoms with Crippen molar-refractivity contribution in [2.75, 3.05) is 24.8 Å². The number of nitrogen functional groups attached to an aromatic ring is 1. The zero-order valence-electron chi connectivity index (χ0n) is 16.6. The Balaban J connectivity index is 1.82. The molecule has 2 aromatic heterocycles. The molecule has 0 aliphatic carbocycles. The van der Waals surface area contributed by atoms with Gasteiger partial charge in [0.05, 0.1) is 29.5 Å². The Morgan fingerprint density at radius 2 is 2.14 bits per heavy atom. The van der Waals surface area contributed by atoms with Gasteiger partial charge in [0.25, 0.3) is 0 Å². The molecule has 3 aromatic rings. The largest absolute Gasteiger partial charge is 0.494 e. The average Bonchev–Trinajstić information content (AvgIpc) is 3.09. The van der Waals surface area contributed by atoms with Gasteiger partial charge in [-0.2, -0.15) is 0 Å². The predicted molar refractivity (Wildman–Crippen MR) is 118 cm³/mol. The van der Waals surface area contributed by atoms with Gasteiger partial charge in [0.15, 0.2) is 5.13 Å². The third-order valence-corrected chi connectivity index (χ3v) is 5.72. The topological polar surface area (TPSA) is 103 Å². The molecule has 4 N–H and O–H groups in total. The van der Waals surface area contributed by atoms with Crippen LogP contribution in [-0.4, -0.2) is 34.8 Å². The second-order valence-corrected chi connectivity index (χ2v) is 8.51. The molecule has 0 saturated carbocycles. The number of hydrogen-bond donors (Lipinski definition) is 3. The molecule has 156 valence electrons. The Morgan fingerprint density at radius 3 is 2.83 bits per heavy atom. The normalized spacial score (nSPS) is 12.3. The molecule has 3 rings (SSSR count). The van der Waals surface area contributed by atoms with Crippen molar-refractivity contribution in [3.8, 4) is 11.5 Å². The summed E-state index contributed by atoms with van der Waals surface area (Å²) in [5, 5.41) is 14.1. The van der Waals surface area contributed by atoms with E-state index >= 15 is 0 Å². The number of anilines is 2. The number of aromatic nitrogens is 2. The summed E-state index contributed by atoms with van der Waals surface area (Å²) in [6.07, 6.45) is 2.45. The number of nitrogens with zero attached hydrogens (tertiary/aromatic N) is 2. The summed E-state index contributed by atoms with van der Waals surface area (Å²) in [5.41, 5.74) is 7.25. The number of benzene rings is 1. The fraction of sp³-hybridized carbons (Fsp3) is 0.400. The highest BCUT2D eigenvalue weighted by Gasteiger charge is 2.16. The number of thiazole rings is 1. The molecule has 0 saturated heterocycles. The molecule has 9 heteroatoms. The van der Waals surface area contributed by atoms with Gasteiger partial charge in [0, 0.05) is 17.8 Å². The molecule has 0 spiro atoms. The van der Waals surface area contributed by atoms with Crippen molar-refractivity contribution in [2.24, 2.45) is 5.92 Å². The number of aliphatic hydroxyl groups is 1. The highest BCUT2D eigenvalue weighted by molar-refractivity contribution is 7.22. The highest BCUT2D eigenvalue weighted by Crippen LogP contribution is 2.37. The van der Waals surface area contributed by atoms with Crippen molar-refractivity contribution >= 4 is 44.1 Å². The van der Waals surface area contributed by atoms with E-state index in [2.05, 4.69) is 29.1 Å². The first kappa shape index (κ1) is 21.4. The summed E-state index contributed by atoms with van der Waals surface area (Å²) in [4.78, 5) is 8.59. The van der Waals surface area contributed by atoms with Crippen molar-refractivity contribution in [3.05, 3.63) is 35.0 Å². The molecular formula is C20H25ClN4O3S. The molecular weight excluding hydrogens is 412 g/mol. The number of nitrogens with one attached hydrogen (secondary N) is 1. The maximum absolute atomic E-state index is 9.62. The summed E-state index contributed by atoms with van der Waals surface area (Å²) < 4.78 is 12.3. The van der Waals surface area contributed by atoms with Crippen LogP contribution in [-0.2, 0) is 6.61 Å². The number of halogens is 1. The predicted octanol–water partition coefficient (Wildman–Crippen LogP) is 4.33. The lowest BCUT2D eigenvalue weighted by Gasteiger charge is -2.17. The minimum Gasteiger partial charge on any atom is -0.494 e. The van der Waals surface area contributed by atoms with Gasteiger partial charge in [-0.3, -0.25) is 0 Å². The SMILES string of the molecule is COc1cc(OCc2ccnc(N)c2Cl)cc2sc(N[C@@H](CO)CC(C)C)nc12. The van der Waals surface area contributed by atoms with Crippen molar-refractivity contribution in [3.63, 3.8) is 0 Å². The van der Waals surface area contributed by atoms with Crippen LogP contribution in [0.25, 0.3) is 10.2 Å². The molecule has 0 amide bonds. The summed E-state index contributed by atoms with van der Waals surface area (Å²) in [5.74, 6) is 2.00. The van der Waals surface area contributed by atoms with Gasteiger partial charge in [-0.1, -0.05) is 36.8 Å². The lowest BCUT2D eigenvalue weighted by atomic mass is 10.0. The number of aliphatic hydroxyl groups excluding tert-OH is 1. The number of ether oxygens (including phenoxy) is 2. The van der Waals surface area contributed by atoms with E-state index < -0.39 is 0 Å². The van der Waals surface area contributed by atoms with Gasteiger partial charge in [-0.25, -0.2) is 9.97 Å². The van der Waals surface area contributed by atoms with E-state index in [0.29, 0.717) is 22.4 Å². The Bertz CT molecular complexity index is 980. The zero-order valence-corrected chi connectivity index (χ0v) is 18.2. The Morgan fingerprint density at radius 1 is 1.34 bits per heavy atom. The second-order valence-electron chi connectivity index (χ2n) is 7.10. The van der Waals surface area contributed by atoms with Crippen LogP contribution < -0.4 is 20.5 Å². The van der Waals surface area contributed by atoms with E-state index in [-0.39, 0.29) is 25.1 Å². The van der Waals surface area contributed by atoms with Crippen LogP contribution in [0.5, 0.6) is 11.5 Å². The van der Waals surface area contributed by atoms with Crippen molar-refractivity contribution in [1.29, 1.82) is 0 Å². The fourth-order valence-electron chi connectivity index (χ4n) is 2.97. The van der Waals surface area contributed by atoms with Crippen molar-refractivity contribution < 1.29 is 14.6 Å². The van der Waals surface area contributed by atoms with Crippen molar-refractivity contribution in [2.45, 2.75) is 32.9 Å². The lowest BCUT2D eigenvalue weighted by molar-refractivity contribution is 0.259. The maximum atomic E-state index is 9.62. The van der Waals surface area contributed by atoms with Gasteiger partial charge in [-0.15, -0.1) is 0 Å². The molecule has 0 bridgehead atoms. The highest BCUT2D eigenvalue weighted by atomic mass is 35.5. The zero-order chi connectivity index (χ0) is 21.0. The van der Waals surface area contributed by atoms with E-state index in [9.17, 15) is 5.11 Å². The molecule has 0 unspecified atom stereocenters. The molecule has 1 aromatic carbocycles. The quantitative estimate of drug-likeness (QED) is 0.458. The van der Waals surface area contributed by atoms with Gasteiger partial charge < -0.3 is 25.6 Å². The van der Waals surface area contributed by atoms with Crippen LogP contribution in [0.4, 0.5) is 10.9 Å². The van der Waals surface area contributed by atoms with Crippen molar-refractivity contribution in [1.82, 2.24) is 9.97 Å². The van der Waals surface area contributed by atoms with Crippen LogP contribution in [0.3, 0.4) is 0 Å². The Hall–Kier alpha value is -2.29. The van der Waals surface area contributed by atoms with Gasteiger partial charge >= 0.3 is 0 Å².